The summed E-state index contributed by atoms with van der Waals surface area (Å²) < 4.78 is 5.66. The Morgan fingerprint density at radius 2 is 1.85 bits per heavy atom. The Kier molecular flexibility index (Phi) is 5.36. The van der Waals surface area contributed by atoms with Crippen molar-refractivity contribution in [1.82, 2.24) is 10.2 Å². The number of hydrogen-bond donors (Lipinski definition) is 1. The zero-order valence-electron chi connectivity index (χ0n) is 15.2. The van der Waals surface area contributed by atoms with Crippen molar-refractivity contribution in [1.29, 1.82) is 0 Å². The van der Waals surface area contributed by atoms with Crippen molar-refractivity contribution in [3.05, 3.63) is 35.9 Å². The molecule has 1 aromatic rings. The SMILES string of the molecule is O=C1CCN(CNC2C3CCC(C3)C2C(=O)OCc2ccccc2)CC1. The first kappa shape index (κ1) is 17.7. The first-order valence-corrected chi connectivity index (χ1v) is 9.88. The Morgan fingerprint density at radius 1 is 1.12 bits per heavy atom. The van der Waals surface area contributed by atoms with Crippen LogP contribution < -0.4 is 5.32 Å². The molecular weight excluding hydrogens is 328 g/mol. The number of piperidine rings is 1. The fourth-order valence-corrected chi connectivity index (χ4v) is 4.94. The number of carbonyl (C=O) groups is 2. The molecule has 3 aliphatic rings. The van der Waals surface area contributed by atoms with Crippen molar-refractivity contribution in [2.24, 2.45) is 17.8 Å². The second-order valence-electron chi connectivity index (χ2n) is 8.00. The molecule has 1 N–H and O–H groups in total. The van der Waals surface area contributed by atoms with Gasteiger partial charge < -0.3 is 10.1 Å². The van der Waals surface area contributed by atoms with Crippen LogP contribution in [0.4, 0.5) is 0 Å². The second-order valence-corrected chi connectivity index (χ2v) is 8.00. The summed E-state index contributed by atoms with van der Waals surface area (Å²) in [6, 6.07) is 10.1. The molecule has 2 bridgehead atoms. The van der Waals surface area contributed by atoms with E-state index in [1.165, 1.54) is 6.42 Å². The average Bonchev–Trinajstić information content (AvgIpc) is 3.28. The summed E-state index contributed by atoms with van der Waals surface area (Å²) in [6.07, 6.45) is 4.80. The molecule has 4 atom stereocenters. The molecule has 140 valence electrons. The number of carbonyl (C=O) groups excluding carboxylic acids is 2. The van der Waals surface area contributed by atoms with Gasteiger partial charge in [0.25, 0.3) is 0 Å². The molecule has 3 fully saturated rings. The molecule has 1 heterocycles. The Hall–Kier alpha value is -1.72. The molecule has 26 heavy (non-hydrogen) atoms. The zero-order valence-corrected chi connectivity index (χ0v) is 15.2. The van der Waals surface area contributed by atoms with Crippen LogP contribution >= 0.6 is 0 Å². The highest BCUT2D eigenvalue weighted by molar-refractivity contribution is 5.79. The summed E-state index contributed by atoms with van der Waals surface area (Å²) in [5, 5.41) is 3.64. The van der Waals surface area contributed by atoms with Crippen molar-refractivity contribution in [2.45, 2.75) is 44.8 Å². The molecule has 4 rings (SSSR count). The van der Waals surface area contributed by atoms with Gasteiger partial charge in [-0.2, -0.15) is 0 Å². The molecule has 0 radical (unpaired) electrons. The van der Waals surface area contributed by atoms with E-state index in [1.54, 1.807) is 0 Å². The van der Waals surface area contributed by atoms with E-state index in [2.05, 4.69) is 10.2 Å². The van der Waals surface area contributed by atoms with Gasteiger partial charge in [0, 0.05) is 38.6 Å². The number of rotatable bonds is 6. The number of ketones is 1. The van der Waals surface area contributed by atoms with E-state index in [-0.39, 0.29) is 17.9 Å². The van der Waals surface area contributed by atoms with E-state index in [0.29, 0.717) is 37.1 Å². The standard InChI is InChI=1S/C21H28N2O3/c24-18-8-10-23(11-9-18)14-22-20-17-7-6-16(12-17)19(20)21(25)26-13-15-4-2-1-3-5-15/h1-5,16-17,19-20,22H,6-14H2. The lowest BCUT2D eigenvalue weighted by Gasteiger charge is -2.33. The fourth-order valence-electron chi connectivity index (χ4n) is 4.94. The number of Topliss-reactive ketones (excluding diaryl/α,β-unsaturated/α-hetero) is 1. The first-order valence-electron chi connectivity index (χ1n) is 9.88. The van der Waals surface area contributed by atoms with Crippen LogP contribution in [0.3, 0.4) is 0 Å². The Balaban J connectivity index is 1.33. The lowest BCUT2D eigenvalue weighted by molar-refractivity contribution is -0.152. The Morgan fingerprint density at radius 3 is 2.62 bits per heavy atom. The van der Waals surface area contributed by atoms with E-state index in [9.17, 15) is 9.59 Å². The summed E-state index contributed by atoms with van der Waals surface area (Å²) in [4.78, 5) is 26.5. The van der Waals surface area contributed by atoms with Gasteiger partial charge in [0.1, 0.15) is 12.4 Å². The quantitative estimate of drug-likeness (QED) is 0.793. The number of esters is 1. The van der Waals surface area contributed by atoms with E-state index in [1.807, 2.05) is 30.3 Å². The van der Waals surface area contributed by atoms with E-state index in [4.69, 9.17) is 4.74 Å². The number of likely N-dealkylation sites (tertiary alicyclic amines) is 1. The summed E-state index contributed by atoms with van der Waals surface area (Å²) in [5.74, 6) is 1.34. The largest absolute Gasteiger partial charge is 0.461 e. The van der Waals surface area contributed by atoms with Gasteiger partial charge in [-0.1, -0.05) is 30.3 Å². The van der Waals surface area contributed by atoms with Crippen LogP contribution in [-0.2, 0) is 20.9 Å². The number of ether oxygens (including phenoxy) is 1. The fraction of sp³-hybridized carbons (Fsp3) is 0.619. The molecule has 4 unspecified atom stereocenters. The molecule has 2 aliphatic carbocycles. The molecule has 2 saturated carbocycles. The van der Waals surface area contributed by atoms with Crippen molar-refractivity contribution in [2.75, 3.05) is 19.8 Å². The predicted octanol–water partition coefficient (Wildman–Crippen LogP) is 2.36. The van der Waals surface area contributed by atoms with Crippen molar-refractivity contribution >= 4 is 11.8 Å². The topological polar surface area (TPSA) is 58.6 Å². The molecule has 1 aromatic carbocycles. The third-order valence-electron chi connectivity index (χ3n) is 6.38. The average molecular weight is 356 g/mol. The maximum Gasteiger partial charge on any atom is 0.311 e. The van der Waals surface area contributed by atoms with Gasteiger partial charge in [-0.05, 0) is 36.7 Å². The van der Waals surface area contributed by atoms with Crippen LogP contribution in [0, 0.1) is 17.8 Å². The molecule has 5 heteroatoms. The molecule has 5 nitrogen and oxygen atoms in total. The van der Waals surface area contributed by atoms with Crippen LogP contribution in [0.25, 0.3) is 0 Å². The van der Waals surface area contributed by atoms with Gasteiger partial charge in [-0.15, -0.1) is 0 Å². The summed E-state index contributed by atoms with van der Waals surface area (Å²) in [7, 11) is 0. The molecule has 1 aliphatic heterocycles. The Labute approximate surface area is 155 Å². The zero-order chi connectivity index (χ0) is 17.9. The lowest BCUT2D eigenvalue weighted by Crippen LogP contribution is -2.50. The normalized spacial score (nSPS) is 31.3. The summed E-state index contributed by atoms with van der Waals surface area (Å²) in [6.45, 7) is 2.78. The van der Waals surface area contributed by atoms with Crippen molar-refractivity contribution in [3.8, 4) is 0 Å². The molecular formula is C21H28N2O3. The van der Waals surface area contributed by atoms with Gasteiger partial charge in [0.15, 0.2) is 0 Å². The van der Waals surface area contributed by atoms with Gasteiger partial charge >= 0.3 is 5.97 Å². The van der Waals surface area contributed by atoms with Gasteiger partial charge in [-0.3, -0.25) is 14.5 Å². The smallest absolute Gasteiger partial charge is 0.311 e. The number of nitrogens with one attached hydrogen (secondary N) is 1. The van der Waals surface area contributed by atoms with Gasteiger partial charge in [0.2, 0.25) is 0 Å². The van der Waals surface area contributed by atoms with Crippen LogP contribution in [-0.4, -0.2) is 42.5 Å². The maximum atomic E-state index is 12.8. The molecule has 0 spiro atoms. The maximum absolute atomic E-state index is 12.8. The van der Waals surface area contributed by atoms with Gasteiger partial charge in [0.05, 0.1) is 5.92 Å². The molecule has 0 aromatic heterocycles. The minimum Gasteiger partial charge on any atom is -0.461 e. The van der Waals surface area contributed by atoms with E-state index < -0.39 is 0 Å². The minimum atomic E-state index is -0.0487. The highest BCUT2D eigenvalue weighted by Gasteiger charge is 2.51. The van der Waals surface area contributed by atoms with Crippen LogP contribution in [0.1, 0.15) is 37.7 Å². The minimum absolute atomic E-state index is 0.0242. The highest BCUT2D eigenvalue weighted by atomic mass is 16.5. The van der Waals surface area contributed by atoms with Crippen LogP contribution in [0.15, 0.2) is 30.3 Å². The number of benzene rings is 1. The summed E-state index contributed by atoms with van der Waals surface area (Å²) >= 11 is 0. The van der Waals surface area contributed by atoms with Gasteiger partial charge in [-0.25, -0.2) is 0 Å². The van der Waals surface area contributed by atoms with E-state index >= 15 is 0 Å². The number of nitrogens with zero attached hydrogens (tertiary/aromatic N) is 1. The predicted molar refractivity (Wildman–Crippen MR) is 98.2 cm³/mol. The summed E-state index contributed by atoms with van der Waals surface area (Å²) in [5.41, 5.74) is 1.03. The van der Waals surface area contributed by atoms with Crippen molar-refractivity contribution in [3.63, 3.8) is 0 Å². The lowest BCUT2D eigenvalue weighted by atomic mass is 9.84. The Bertz CT molecular complexity index is 638. The highest BCUT2D eigenvalue weighted by Crippen LogP contribution is 2.49. The first-order chi connectivity index (χ1) is 12.7. The van der Waals surface area contributed by atoms with Crippen LogP contribution in [0.2, 0.25) is 0 Å². The van der Waals surface area contributed by atoms with Crippen LogP contribution in [0.5, 0.6) is 0 Å². The number of hydrogen-bond acceptors (Lipinski definition) is 5. The number of fused-ring (bicyclic) bond motifs is 2. The third-order valence-corrected chi connectivity index (χ3v) is 6.38. The monoisotopic (exact) mass is 356 g/mol. The molecule has 0 amide bonds. The second kappa shape index (κ2) is 7.89. The third kappa shape index (κ3) is 3.84. The van der Waals surface area contributed by atoms with Crippen molar-refractivity contribution < 1.29 is 14.3 Å². The van der Waals surface area contributed by atoms with E-state index in [0.717, 1.165) is 38.2 Å². The molecule has 1 saturated heterocycles.